The molecule has 0 aliphatic heterocycles. The van der Waals surface area contributed by atoms with Crippen molar-refractivity contribution in [3.63, 3.8) is 0 Å². The summed E-state index contributed by atoms with van der Waals surface area (Å²) in [7, 11) is 1.98. The van der Waals surface area contributed by atoms with Crippen LogP contribution in [0.4, 0.5) is 0 Å². The maximum atomic E-state index is 12.9. The van der Waals surface area contributed by atoms with E-state index in [1.54, 1.807) is 21.8 Å². The van der Waals surface area contributed by atoms with Gasteiger partial charge >= 0.3 is 0 Å². The number of nitrogens with zero attached hydrogens (tertiary/aromatic N) is 5. The predicted octanol–water partition coefficient (Wildman–Crippen LogP) is 3.25. The highest BCUT2D eigenvalue weighted by Gasteiger charge is 2.12. The first kappa shape index (κ1) is 22.1. The van der Waals surface area contributed by atoms with E-state index in [9.17, 15) is 9.59 Å². The molecule has 0 aliphatic rings. The minimum absolute atomic E-state index is 0.0578. The topological polar surface area (TPSA) is 86.7 Å². The third kappa shape index (κ3) is 4.38. The summed E-state index contributed by atoms with van der Waals surface area (Å²) in [4.78, 5) is 29.9. The number of hydrogen-bond acceptors (Lipinski definition) is 4. The van der Waals surface area contributed by atoms with E-state index in [4.69, 9.17) is 0 Å². The molecule has 34 heavy (non-hydrogen) atoms. The molecule has 0 saturated heterocycles. The summed E-state index contributed by atoms with van der Waals surface area (Å²) in [5.74, 6) is -0.0578. The second kappa shape index (κ2) is 9.26. The van der Waals surface area contributed by atoms with Crippen molar-refractivity contribution in [3.8, 4) is 0 Å². The number of benzene rings is 2. The van der Waals surface area contributed by atoms with Crippen molar-refractivity contribution in [3.05, 3.63) is 93.2 Å². The lowest BCUT2D eigenvalue weighted by atomic mass is 10.1. The second-order valence-corrected chi connectivity index (χ2v) is 9.13. The molecule has 3 aromatic heterocycles. The van der Waals surface area contributed by atoms with Crippen molar-refractivity contribution in [2.45, 2.75) is 19.5 Å². The fraction of sp³-hybridized carbons (Fsp3) is 0.200. The number of rotatable bonds is 7. The number of carbonyl (C=O) groups excluding carboxylic acids is 1. The van der Waals surface area contributed by atoms with Crippen LogP contribution in [0.15, 0.2) is 76.5 Å². The zero-order valence-corrected chi connectivity index (χ0v) is 20.2. The zero-order valence-electron chi connectivity index (χ0n) is 18.6. The van der Waals surface area contributed by atoms with Gasteiger partial charge in [0.05, 0.1) is 25.7 Å². The lowest BCUT2D eigenvalue weighted by Gasteiger charge is -2.08. The van der Waals surface area contributed by atoms with Gasteiger partial charge in [0.1, 0.15) is 11.7 Å². The Morgan fingerprint density at radius 2 is 1.88 bits per heavy atom. The van der Waals surface area contributed by atoms with Crippen LogP contribution in [0.3, 0.4) is 0 Å². The van der Waals surface area contributed by atoms with Crippen LogP contribution < -0.4 is 10.9 Å². The van der Waals surface area contributed by atoms with Gasteiger partial charge in [0.25, 0.3) is 5.56 Å². The van der Waals surface area contributed by atoms with Crippen LogP contribution >= 0.6 is 15.9 Å². The number of halogens is 1. The van der Waals surface area contributed by atoms with Crippen molar-refractivity contribution >= 4 is 43.8 Å². The van der Waals surface area contributed by atoms with E-state index < -0.39 is 0 Å². The highest BCUT2D eigenvalue weighted by atomic mass is 79.9. The van der Waals surface area contributed by atoms with Gasteiger partial charge in [-0.05, 0) is 29.3 Å². The Morgan fingerprint density at radius 1 is 1.09 bits per heavy atom. The van der Waals surface area contributed by atoms with Gasteiger partial charge in [0.2, 0.25) is 5.91 Å². The Morgan fingerprint density at radius 3 is 2.71 bits per heavy atom. The van der Waals surface area contributed by atoms with Gasteiger partial charge < -0.3 is 9.88 Å². The molecule has 5 rings (SSSR count). The lowest BCUT2D eigenvalue weighted by Crippen LogP contribution is -2.29. The summed E-state index contributed by atoms with van der Waals surface area (Å²) in [5, 5.41) is 8.81. The van der Waals surface area contributed by atoms with E-state index in [1.165, 1.54) is 0 Å². The van der Waals surface area contributed by atoms with Crippen molar-refractivity contribution < 1.29 is 4.79 Å². The number of amides is 1. The van der Waals surface area contributed by atoms with Gasteiger partial charge in [-0.15, -0.1) is 0 Å². The van der Waals surface area contributed by atoms with Crippen molar-refractivity contribution in [2.75, 3.05) is 6.54 Å². The van der Waals surface area contributed by atoms with Crippen molar-refractivity contribution in [1.82, 2.24) is 29.2 Å². The van der Waals surface area contributed by atoms with E-state index in [0.29, 0.717) is 37.1 Å². The fourth-order valence-corrected chi connectivity index (χ4v) is 4.43. The summed E-state index contributed by atoms with van der Waals surface area (Å²) in [6, 6.07) is 15.9. The summed E-state index contributed by atoms with van der Waals surface area (Å²) >= 11 is 3.42. The quantitative estimate of drug-likeness (QED) is 0.358. The molecule has 8 nitrogen and oxygen atoms in total. The van der Waals surface area contributed by atoms with Gasteiger partial charge in [0.15, 0.2) is 5.65 Å². The Hall–Kier alpha value is -3.72. The van der Waals surface area contributed by atoms with E-state index in [0.717, 1.165) is 26.5 Å². The van der Waals surface area contributed by atoms with Crippen LogP contribution in [-0.2, 0) is 31.4 Å². The SMILES string of the molecule is Cn1cc(CC(=O)NCCn2ncc3c(=O)n(Cc4ccc(Br)cc4)cnc32)c2ccccc21. The van der Waals surface area contributed by atoms with E-state index in [1.807, 2.05) is 66.3 Å². The summed E-state index contributed by atoms with van der Waals surface area (Å²) in [6.45, 7) is 1.25. The molecule has 0 radical (unpaired) electrons. The molecule has 1 N–H and O–H groups in total. The van der Waals surface area contributed by atoms with Crippen LogP contribution in [0.5, 0.6) is 0 Å². The van der Waals surface area contributed by atoms with E-state index in [2.05, 4.69) is 31.3 Å². The summed E-state index contributed by atoms with van der Waals surface area (Å²) in [5.41, 5.74) is 3.48. The number of nitrogens with one attached hydrogen (secondary N) is 1. The van der Waals surface area contributed by atoms with Crippen molar-refractivity contribution in [1.29, 1.82) is 0 Å². The molecule has 0 bridgehead atoms. The number of fused-ring (bicyclic) bond motifs is 2. The maximum Gasteiger partial charge on any atom is 0.264 e. The molecule has 3 heterocycles. The number of carbonyl (C=O) groups is 1. The zero-order chi connectivity index (χ0) is 23.7. The normalized spacial score (nSPS) is 11.4. The molecular weight excluding hydrogens is 496 g/mol. The minimum Gasteiger partial charge on any atom is -0.354 e. The standard InChI is InChI=1S/C25H23BrN6O2/c1-30-15-18(20-4-2-3-5-22(20)30)12-23(33)27-10-11-32-24-21(13-29-32)25(34)31(16-28-24)14-17-6-8-19(26)9-7-17/h2-9,13,15-16H,10-12,14H2,1H3,(H,27,33). The predicted molar refractivity (Wildman–Crippen MR) is 135 cm³/mol. The van der Waals surface area contributed by atoms with Gasteiger partial charge in [0, 0.05) is 35.2 Å². The number of aromatic nitrogens is 5. The van der Waals surface area contributed by atoms with E-state index >= 15 is 0 Å². The number of hydrogen-bond donors (Lipinski definition) is 1. The minimum atomic E-state index is -0.140. The first-order valence-electron chi connectivity index (χ1n) is 10.9. The Kier molecular flexibility index (Phi) is 6.02. The molecule has 172 valence electrons. The van der Waals surface area contributed by atoms with Crippen LogP contribution in [0.25, 0.3) is 21.9 Å². The molecular formula is C25H23BrN6O2. The summed E-state index contributed by atoms with van der Waals surface area (Å²) < 4.78 is 6.24. The number of aryl methyl sites for hydroxylation is 1. The first-order chi connectivity index (χ1) is 16.5. The number of para-hydroxylation sites is 1. The molecule has 0 saturated carbocycles. The monoisotopic (exact) mass is 518 g/mol. The molecule has 0 atom stereocenters. The molecule has 5 aromatic rings. The molecule has 1 amide bonds. The summed E-state index contributed by atoms with van der Waals surface area (Å²) in [6.07, 6.45) is 5.39. The molecule has 0 spiro atoms. The van der Waals surface area contributed by atoms with Crippen molar-refractivity contribution in [2.24, 2.45) is 7.05 Å². The van der Waals surface area contributed by atoms with Crippen LogP contribution in [-0.4, -0.2) is 36.4 Å². The smallest absolute Gasteiger partial charge is 0.264 e. The highest BCUT2D eigenvalue weighted by Crippen LogP contribution is 2.20. The Balaban J connectivity index is 1.23. The fourth-order valence-electron chi connectivity index (χ4n) is 4.16. The van der Waals surface area contributed by atoms with Gasteiger partial charge in [-0.1, -0.05) is 46.3 Å². The molecule has 0 aliphatic carbocycles. The molecule has 9 heteroatoms. The van der Waals surface area contributed by atoms with Crippen LogP contribution in [0.2, 0.25) is 0 Å². The highest BCUT2D eigenvalue weighted by molar-refractivity contribution is 9.10. The van der Waals surface area contributed by atoms with Crippen LogP contribution in [0.1, 0.15) is 11.1 Å². The van der Waals surface area contributed by atoms with E-state index in [-0.39, 0.29) is 11.5 Å². The van der Waals surface area contributed by atoms with Gasteiger partial charge in [-0.3, -0.25) is 14.2 Å². The first-order valence-corrected chi connectivity index (χ1v) is 11.7. The Labute approximate surface area is 204 Å². The van der Waals surface area contributed by atoms with Gasteiger partial charge in [-0.2, -0.15) is 5.10 Å². The Bertz CT molecular complexity index is 1550. The maximum absolute atomic E-state index is 12.9. The molecule has 0 fully saturated rings. The molecule has 0 unspecified atom stereocenters. The third-order valence-electron chi connectivity index (χ3n) is 5.86. The van der Waals surface area contributed by atoms with Gasteiger partial charge in [-0.25, -0.2) is 9.67 Å². The largest absolute Gasteiger partial charge is 0.354 e. The lowest BCUT2D eigenvalue weighted by molar-refractivity contribution is -0.120. The second-order valence-electron chi connectivity index (χ2n) is 8.22. The molecule has 2 aromatic carbocycles. The average Bonchev–Trinajstić information content (AvgIpc) is 3.39. The average molecular weight is 519 g/mol. The van der Waals surface area contributed by atoms with Crippen LogP contribution in [0, 0.1) is 0 Å². The third-order valence-corrected chi connectivity index (χ3v) is 6.39.